The third kappa shape index (κ3) is 2.48. The van der Waals surface area contributed by atoms with Gasteiger partial charge in [-0.3, -0.25) is 10.2 Å². The highest BCUT2D eigenvalue weighted by molar-refractivity contribution is 5.99. The summed E-state index contributed by atoms with van der Waals surface area (Å²) in [4.78, 5) is 17.6. The summed E-state index contributed by atoms with van der Waals surface area (Å²) in [5.41, 5.74) is 11.3. The standard InChI is InChI=1S/C19H13F2N5O2/c20-9-1-4-15(13(21)7-9)28-18-11(2-3-14-17(18)25-26-24-14)12-8-23-19(27)16-10(12)5-6-22-16/h1-8,22,24-26H,(H,23,27). The molecule has 2 aromatic carbocycles. The van der Waals surface area contributed by atoms with Crippen molar-refractivity contribution in [3.63, 3.8) is 0 Å². The minimum absolute atomic E-state index is 0.125. The fraction of sp³-hybridized carbons (Fsp3) is 0. The lowest BCUT2D eigenvalue weighted by Crippen LogP contribution is -2.19. The van der Waals surface area contributed by atoms with Crippen LogP contribution < -0.4 is 26.7 Å². The molecule has 0 amide bonds. The number of fused-ring (bicyclic) bond motifs is 2. The number of benzene rings is 2. The van der Waals surface area contributed by atoms with Crippen LogP contribution in [0.25, 0.3) is 22.0 Å². The van der Waals surface area contributed by atoms with Crippen LogP contribution in [0.5, 0.6) is 11.5 Å². The Bertz CT molecular complexity index is 1280. The van der Waals surface area contributed by atoms with Gasteiger partial charge in [0.05, 0.1) is 5.69 Å². The first-order valence-electron chi connectivity index (χ1n) is 8.38. The molecule has 1 aliphatic heterocycles. The highest BCUT2D eigenvalue weighted by atomic mass is 19.1. The number of nitrogens with one attached hydrogen (secondary N) is 5. The van der Waals surface area contributed by atoms with Crippen molar-refractivity contribution < 1.29 is 13.5 Å². The lowest BCUT2D eigenvalue weighted by Gasteiger charge is -2.16. The van der Waals surface area contributed by atoms with Gasteiger partial charge in [0.1, 0.15) is 17.0 Å². The molecule has 0 spiro atoms. The molecule has 0 saturated carbocycles. The van der Waals surface area contributed by atoms with Crippen molar-refractivity contribution in [3.8, 4) is 22.6 Å². The summed E-state index contributed by atoms with van der Waals surface area (Å²) in [6.07, 6.45) is 3.24. The number of hydrazine groups is 2. The van der Waals surface area contributed by atoms with E-state index in [-0.39, 0.29) is 11.3 Å². The third-order valence-corrected chi connectivity index (χ3v) is 4.55. The summed E-state index contributed by atoms with van der Waals surface area (Å²) in [6, 6.07) is 8.48. The molecule has 5 N–H and O–H groups in total. The zero-order valence-electron chi connectivity index (χ0n) is 14.2. The van der Waals surface area contributed by atoms with Gasteiger partial charge in [-0.25, -0.2) is 8.78 Å². The average Bonchev–Trinajstić information content (AvgIpc) is 3.34. The zero-order valence-corrected chi connectivity index (χ0v) is 14.2. The van der Waals surface area contributed by atoms with Gasteiger partial charge in [0, 0.05) is 35.0 Å². The molecular weight excluding hydrogens is 368 g/mol. The summed E-state index contributed by atoms with van der Waals surface area (Å²) in [7, 11) is 0. The van der Waals surface area contributed by atoms with E-state index in [0.717, 1.165) is 12.1 Å². The van der Waals surface area contributed by atoms with Gasteiger partial charge in [0.2, 0.25) is 0 Å². The largest absolute Gasteiger partial charge is 0.451 e. The Kier molecular flexibility index (Phi) is 3.56. The highest BCUT2D eigenvalue weighted by Crippen LogP contribution is 2.46. The van der Waals surface area contributed by atoms with Crippen molar-refractivity contribution in [1.82, 2.24) is 15.5 Å². The first-order valence-corrected chi connectivity index (χ1v) is 8.38. The maximum absolute atomic E-state index is 14.2. The van der Waals surface area contributed by atoms with Crippen LogP contribution in [0.15, 0.2) is 53.6 Å². The molecule has 0 radical (unpaired) electrons. The predicted octanol–water partition coefficient (Wildman–Crippen LogP) is 3.85. The minimum Gasteiger partial charge on any atom is -0.451 e. The zero-order chi connectivity index (χ0) is 19.3. The number of ether oxygens (including phenoxy) is 1. The van der Waals surface area contributed by atoms with E-state index in [2.05, 4.69) is 26.4 Å². The van der Waals surface area contributed by atoms with Crippen LogP contribution in [-0.4, -0.2) is 9.97 Å². The molecule has 3 heterocycles. The van der Waals surface area contributed by atoms with Crippen LogP contribution in [0.4, 0.5) is 20.2 Å². The van der Waals surface area contributed by atoms with Crippen LogP contribution in [0.1, 0.15) is 0 Å². The molecule has 0 atom stereocenters. The van der Waals surface area contributed by atoms with Crippen LogP contribution in [-0.2, 0) is 0 Å². The topological polar surface area (TPSA) is 94.0 Å². The molecule has 1 aliphatic rings. The molecule has 28 heavy (non-hydrogen) atoms. The molecule has 9 heteroatoms. The van der Waals surface area contributed by atoms with E-state index in [1.54, 1.807) is 24.5 Å². The van der Waals surface area contributed by atoms with Crippen molar-refractivity contribution in [1.29, 1.82) is 0 Å². The lowest BCUT2D eigenvalue weighted by atomic mass is 10.0. The number of hydrogen-bond acceptors (Lipinski definition) is 5. The first kappa shape index (κ1) is 16.3. The van der Waals surface area contributed by atoms with Gasteiger partial charge in [-0.1, -0.05) is 0 Å². The Labute approximate surface area is 156 Å². The Hall–Kier alpha value is -3.85. The van der Waals surface area contributed by atoms with Gasteiger partial charge in [0.15, 0.2) is 17.3 Å². The number of hydrogen-bond donors (Lipinski definition) is 5. The van der Waals surface area contributed by atoms with Gasteiger partial charge in [-0.2, -0.15) is 0 Å². The van der Waals surface area contributed by atoms with E-state index < -0.39 is 11.6 Å². The van der Waals surface area contributed by atoms with Gasteiger partial charge >= 0.3 is 0 Å². The number of aromatic amines is 2. The molecule has 0 bridgehead atoms. The number of pyridine rings is 1. The van der Waals surface area contributed by atoms with Crippen LogP contribution in [0.2, 0.25) is 0 Å². The van der Waals surface area contributed by atoms with E-state index in [1.165, 1.54) is 6.07 Å². The average molecular weight is 381 g/mol. The normalized spacial score (nSPS) is 12.5. The fourth-order valence-corrected chi connectivity index (χ4v) is 3.25. The van der Waals surface area contributed by atoms with Gasteiger partial charge in [0.25, 0.3) is 5.56 Å². The number of H-pyrrole nitrogens is 2. The second-order valence-corrected chi connectivity index (χ2v) is 6.21. The maximum Gasteiger partial charge on any atom is 0.272 e. The van der Waals surface area contributed by atoms with Crippen molar-refractivity contribution >= 4 is 22.3 Å². The second-order valence-electron chi connectivity index (χ2n) is 6.21. The first-order chi connectivity index (χ1) is 13.6. The summed E-state index contributed by atoms with van der Waals surface area (Å²) < 4.78 is 33.3. The summed E-state index contributed by atoms with van der Waals surface area (Å²) in [5.74, 6) is -1.33. The quantitative estimate of drug-likeness (QED) is 0.372. The number of anilines is 2. The molecule has 0 saturated heterocycles. The van der Waals surface area contributed by atoms with Crippen molar-refractivity contribution in [2.45, 2.75) is 0 Å². The molecule has 0 fully saturated rings. The van der Waals surface area contributed by atoms with Gasteiger partial charge in [-0.05, 0) is 30.3 Å². The molecule has 2 aromatic heterocycles. The van der Waals surface area contributed by atoms with Crippen molar-refractivity contribution in [2.24, 2.45) is 0 Å². The van der Waals surface area contributed by atoms with E-state index in [1.807, 2.05) is 6.07 Å². The summed E-state index contributed by atoms with van der Waals surface area (Å²) >= 11 is 0. The van der Waals surface area contributed by atoms with E-state index >= 15 is 0 Å². The van der Waals surface area contributed by atoms with Gasteiger partial charge < -0.3 is 20.1 Å². The van der Waals surface area contributed by atoms with Crippen LogP contribution in [0, 0.1) is 11.6 Å². The second kappa shape index (κ2) is 6.10. The molecule has 0 unspecified atom stereocenters. The SMILES string of the molecule is O=c1[nH]cc(-c2ccc3c(c2Oc2ccc(F)cc2F)NNN3)c2cc[nH]c12. The van der Waals surface area contributed by atoms with E-state index in [4.69, 9.17) is 4.74 Å². The van der Waals surface area contributed by atoms with Crippen molar-refractivity contribution in [3.05, 3.63) is 70.8 Å². The summed E-state index contributed by atoms with van der Waals surface area (Å²) in [5, 5.41) is 0.687. The van der Waals surface area contributed by atoms with Crippen molar-refractivity contribution in [2.75, 3.05) is 10.9 Å². The monoisotopic (exact) mass is 381 g/mol. The Morgan fingerprint density at radius 2 is 1.82 bits per heavy atom. The predicted molar refractivity (Wildman–Crippen MR) is 101 cm³/mol. The summed E-state index contributed by atoms with van der Waals surface area (Å²) in [6.45, 7) is 0. The molecule has 7 nitrogen and oxygen atoms in total. The van der Waals surface area contributed by atoms with Crippen LogP contribution >= 0.6 is 0 Å². The van der Waals surface area contributed by atoms with E-state index in [9.17, 15) is 13.6 Å². The minimum atomic E-state index is -0.823. The Morgan fingerprint density at radius 3 is 2.68 bits per heavy atom. The number of halogens is 2. The molecule has 140 valence electrons. The lowest BCUT2D eigenvalue weighted by molar-refractivity contribution is 0.440. The van der Waals surface area contributed by atoms with Gasteiger partial charge in [-0.15, -0.1) is 5.53 Å². The number of aromatic nitrogens is 2. The molecular formula is C19H13F2N5O2. The van der Waals surface area contributed by atoms with Crippen LogP contribution in [0.3, 0.4) is 0 Å². The molecule has 0 aliphatic carbocycles. The molecule has 4 aromatic rings. The smallest absolute Gasteiger partial charge is 0.272 e. The maximum atomic E-state index is 14.2. The van der Waals surface area contributed by atoms with E-state index in [0.29, 0.717) is 39.2 Å². The highest BCUT2D eigenvalue weighted by Gasteiger charge is 2.23. The third-order valence-electron chi connectivity index (χ3n) is 4.55. The fourth-order valence-electron chi connectivity index (χ4n) is 3.25. The Morgan fingerprint density at radius 1 is 0.929 bits per heavy atom. The molecule has 5 rings (SSSR count). The number of rotatable bonds is 3. The Balaban J connectivity index is 1.74.